The van der Waals surface area contributed by atoms with Gasteiger partial charge in [-0.3, -0.25) is 4.68 Å². The highest BCUT2D eigenvalue weighted by molar-refractivity contribution is 5.15. The minimum Gasteiger partial charge on any atom is -0.329 e. The number of hydrogen-bond acceptors (Lipinski definition) is 3. The van der Waals surface area contributed by atoms with Gasteiger partial charge >= 0.3 is 0 Å². The van der Waals surface area contributed by atoms with E-state index in [1.807, 2.05) is 29.3 Å². The van der Waals surface area contributed by atoms with Crippen LogP contribution >= 0.6 is 0 Å². The minimum atomic E-state index is 0.330. The summed E-state index contributed by atoms with van der Waals surface area (Å²) in [5, 5.41) is 7.85. The van der Waals surface area contributed by atoms with Crippen LogP contribution in [0, 0.1) is 6.92 Å². The highest BCUT2D eigenvalue weighted by Crippen LogP contribution is 2.06. The lowest BCUT2D eigenvalue weighted by molar-refractivity contribution is 0.441. The van der Waals surface area contributed by atoms with Crippen LogP contribution in [-0.4, -0.2) is 25.4 Å². The summed E-state index contributed by atoms with van der Waals surface area (Å²) < 4.78 is 4.16. The van der Waals surface area contributed by atoms with Crippen LogP contribution in [0.15, 0.2) is 55.1 Å². The van der Waals surface area contributed by atoms with Crippen LogP contribution in [0.2, 0.25) is 0 Å². The predicted octanol–water partition coefficient (Wildman–Crippen LogP) is 2.61. The first-order valence-corrected chi connectivity index (χ1v) is 7.97. The average Bonchev–Trinajstić information content (AvgIpc) is 3.15. The fourth-order valence-electron chi connectivity index (χ4n) is 2.61. The normalized spacial score (nSPS) is 12.4. The number of hydrogen-bond donors (Lipinski definition) is 1. The Balaban J connectivity index is 1.55. The zero-order valence-electron chi connectivity index (χ0n) is 13.7. The van der Waals surface area contributed by atoms with Crippen molar-refractivity contribution in [1.82, 2.24) is 24.6 Å². The van der Waals surface area contributed by atoms with Gasteiger partial charge in [0.15, 0.2) is 0 Å². The van der Waals surface area contributed by atoms with Crippen LogP contribution in [0.5, 0.6) is 0 Å². The lowest BCUT2D eigenvalue weighted by Crippen LogP contribution is -2.31. The van der Waals surface area contributed by atoms with Crippen molar-refractivity contribution in [2.45, 2.75) is 39.5 Å². The van der Waals surface area contributed by atoms with Gasteiger partial charge in [-0.05, 0) is 25.0 Å². The van der Waals surface area contributed by atoms with Crippen molar-refractivity contribution >= 4 is 0 Å². The van der Waals surface area contributed by atoms with E-state index in [0.29, 0.717) is 6.04 Å². The zero-order chi connectivity index (χ0) is 16.1. The Morgan fingerprint density at radius 1 is 1.22 bits per heavy atom. The molecule has 0 saturated heterocycles. The summed E-state index contributed by atoms with van der Waals surface area (Å²) in [6.45, 7) is 6.68. The van der Waals surface area contributed by atoms with Crippen LogP contribution in [-0.2, 0) is 19.6 Å². The number of benzene rings is 1. The van der Waals surface area contributed by atoms with Gasteiger partial charge in [0.05, 0.1) is 19.3 Å². The second-order valence-corrected chi connectivity index (χ2v) is 5.98. The van der Waals surface area contributed by atoms with Crippen LogP contribution in [0.4, 0.5) is 0 Å². The maximum Gasteiger partial charge on any atom is 0.122 e. The number of aromatic nitrogens is 4. The fraction of sp³-hybridized carbons (Fsp3) is 0.333. The van der Waals surface area contributed by atoms with E-state index in [2.05, 4.69) is 64.3 Å². The number of imidazole rings is 1. The molecule has 0 spiro atoms. The number of rotatable bonds is 7. The molecule has 0 saturated carbocycles. The Hall–Kier alpha value is -2.40. The summed E-state index contributed by atoms with van der Waals surface area (Å²) in [6, 6.07) is 10.8. The van der Waals surface area contributed by atoms with Crippen molar-refractivity contribution in [2.24, 2.45) is 0 Å². The third-order valence-electron chi connectivity index (χ3n) is 3.83. The SMILES string of the molecule is Cc1cnn(C[C@H](C)NCc2nccn2Cc2ccccc2)c1. The highest BCUT2D eigenvalue weighted by atomic mass is 15.3. The minimum absolute atomic E-state index is 0.330. The summed E-state index contributed by atoms with van der Waals surface area (Å²) in [7, 11) is 0. The van der Waals surface area contributed by atoms with Gasteiger partial charge in [0.1, 0.15) is 5.82 Å². The molecule has 0 unspecified atom stereocenters. The van der Waals surface area contributed by atoms with Crippen molar-refractivity contribution in [3.63, 3.8) is 0 Å². The third kappa shape index (κ3) is 4.29. The largest absolute Gasteiger partial charge is 0.329 e. The van der Waals surface area contributed by atoms with Crippen LogP contribution in [0.1, 0.15) is 23.9 Å². The van der Waals surface area contributed by atoms with Crippen molar-refractivity contribution in [3.05, 3.63) is 72.1 Å². The van der Waals surface area contributed by atoms with E-state index in [9.17, 15) is 0 Å². The molecule has 23 heavy (non-hydrogen) atoms. The van der Waals surface area contributed by atoms with Gasteiger partial charge in [-0.25, -0.2) is 4.98 Å². The van der Waals surface area contributed by atoms with Crippen molar-refractivity contribution in [1.29, 1.82) is 0 Å². The van der Waals surface area contributed by atoms with E-state index in [4.69, 9.17) is 0 Å². The summed E-state index contributed by atoms with van der Waals surface area (Å²) in [4.78, 5) is 4.47. The van der Waals surface area contributed by atoms with E-state index in [0.717, 1.165) is 25.5 Å². The Morgan fingerprint density at radius 2 is 2.04 bits per heavy atom. The molecule has 1 N–H and O–H groups in total. The molecule has 0 aliphatic rings. The molecule has 0 bridgehead atoms. The molecular weight excluding hydrogens is 286 g/mol. The van der Waals surface area contributed by atoms with Gasteiger partial charge in [0.25, 0.3) is 0 Å². The molecule has 3 aromatic rings. The first-order valence-electron chi connectivity index (χ1n) is 7.97. The van der Waals surface area contributed by atoms with E-state index in [1.165, 1.54) is 11.1 Å². The fourth-order valence-corrected chi connectivity index (χ4v) is 2.61. The zero-order valence-corrected chi connectivity index (χ0v) is 13.7. The molecule has 0 aliphatic carbocycles. The lowest BCUT2D eigenvalue weighted by atomic mass is 10.2. The van der Waals surface area contributed by atoms with Crippen LogP contribution < -0.4 is 5.32 Å². The summed E-state index contributed by atoms with van der Waals surface area (Å²) in [5.41, 5.74) is 2.47. The Morgan fingerprint density at radius 3 is 2.78 bits per heavy atom. The molecule has 2 heterocycles. The first kappa shape index (κ1) is 15.5. The summed E-state index contributed by atoms with van der Waals surface area (Å²) in [5.74, 6) is 1.05. The molecule has 1 atom stereocenters. The number of nitrogens with one attached hydrogen (secondary N) is 1. The molecular formula is C18H23N5. The second kappa shape index (κ2) is 7.24. The summed E-state index contributed by atoms with van der Waals surface area (Å²) in [6.07, 6.45) is 7.85. The van der Waals surface area contributed by atoms with Crippen LogP contribution in [0.3, 0.4) is 0 Å². The van der Waals surface area contributed by atoms with Crippen molar-refractivity contribution < 1.29 is 0 Å². The van der Waals surface area contributed by atoms with Crippen LogP contribution in [0.25, 0.3) is 0 Å². The van der Waals surface area contributed by atoms with E-state index in [1.54, 1.807) is 0 Å². The third-order valence-corrected chi connectivity index (χ3v) is 3.83. The van der Waals surface area contributed by atoms with E-state index < -0.39 is 0 Å². The molecule has 0 radical (unpaired) electrons. The van der Waals surface area contributed by atoms with E-state index >= 15 is 0 Å². The predicted molar refractivity (Wildman–Crippen MR) is 91.0 cm³/mol. The quantitative estimate of drug-likeness (QED) is 0.730. The Labute approximate surface area is 137 Å². The average molecular weight is 309 g/mol. The lowest BCUT2D eigenvalue weighted by Gasteiger charge is -2.15. The van der Waals surface area contributed by atoms with Gasteiger partial charge in [0, 0.05) is 31.2 Å². The Kier molecular flexibility index (Phi) is 4.88. The smallest absolute Gasteiger partial charge is 0.122 e. The van der Waals surface area contributed by atoms with Crippen molar-refractivity contribution in [2.75, 3.05) is 0 Å². The molecule has 5 heteroatoms. The second-order valence-electron chi connectivity index (χ2n) is 5.98. The highest BCUT2D eigenvalue weighted by Gasteiger charge is 2.07. The number of nitrogens with zero attached hydrogens (tertiary/aromatic N) is 4. The molecule has 3 rings (SSSR count). The van der Waals surface area contributed by atoms with Gasteiger partial charge in [-0.2, -0.15) is 5.10 Å². The Bertz CT molecular complexity index is 729. The first-order chi connectivity index (χ1) is 11.2. The molecule has 120 valence electrons. The monoisotopic (exact) mass is 309 g/mol. The summed E-state index contributed by atoms with van der Waals surface area (Å²) >= 11 is 0. The van der Waals surface area contributed by atoms with Gasteiger partial charge in [-0.15, -0.1) is 0 Å². The molecule has 2 aromatic heterocycles. The molecule has 0 amide bonds. The topological polar surface area (TPSA) is 47.7 Å². The van der Waals surface area contributed by atoms with Crippen molar-refractivity contribution in [3.8, 4) is 0 Å². The number of aryl methyl sites for hydroxylation is 1. The molecule has 0 fully saturated rings. The maximum absolute atomic E-state index is 4.47. The van der Waals surface area contributed by atoms with Gasteiger partial charge in [-0.1, -0.05) is 30.3 Å². The molecule has 1 aromatic carbocycles. The van der Waals surface area contributed by atoms with E-state index in [-0.39, 0.29) is 0 Å². The van der Waals surface area contributed by atoms with Gasteiger partial charge in [0.2, 0.25) is 0 Å². The maximum atomic E-state index is 4.47. The molecule has 0 aliphatic heterocycles. The standard InChI is InChI=1S/C18H23N5/c1-15-10-21-23(12-15)13-16(2)20-11-18-19-8-9-22(18)14-17-6-4-3-5-7-17/h3-10,12,16,20H,11,13-14H2,1-2H3/t16-/m0/s1. The molecule has 5 nitrogen and oxygen atoms in total. The van der Waals surface area contributed by atoms with Gasteiger partial charge < -0.3 is 9.88 Å².